The van der Waals surface area contributed by atoms with Crippen molar-refractivity contribution in [3.8, 4) is 0 Å². The molecule has 15 heavy (non-hydrogen) atoms. The van der Waals surface area contributed by atoms with Crippen LogP contribution in [0.3, 0.4) is 0 Å². The van der Waals surface area contributed by atoms with Gasteiger partial charge in [-0.2, -0.15) is 0 Å². The normalized spacial score (nSPS) is 14.7. The Kier molecular flexibility index (Phi) is 3.89. The van der Waals surface area contributed by atoms with Gasteiger partial charge in [0.1, 0.15) is 0 Å². The molecule has 82 valence electrons. The van der Waals surface area contributed by atoms with E-state index in [-0.39, 0.29) is 5.78 Å². The third-order valence-corrected chi connectivity index (χ3v) is 2.61. The number of hydrogen-bond acceptors (Lipinski definition) is 2. The van der Waals surface area contributed by atoms with Crippen molar-refractivity contribution in [2.75, 3.05) is 0 Å². The number of benzene rings is 1. The minimum absolute atomic E-state index is 0.0492. The zero-order valence-electron chi connectivity index (χ0n) is 9.09. The number of carbonyl (C=O) groups excluding carboxylic acids is 1. The molecule has 2 N–H and O–H groups in total. The Morgan fingerprint density at radius 3 is 2.73 bits per heavy atom. The first-order chi connectivity index (χ1) is 6.97. The highest BCUT2D eigenvalue weighted by atomic mass is 35.5. The van der Waals surface area contributed by atoms with Crippen LogP contribution in [0.25, 0.3) is 0 Å². The van der Waals surface area contributed by atoms with E-state index in [1.165, 1.54) is 0 Å². The van der Waals surface area contributed by atoms with Crippen LogP contribution in [-0.2, 0) is 0 Å². The monoisotopic (exact) mass is 225 g/mol. The van der Waals surface area contributed by atoms with E-state index < -0.39 is 5.54 Å². The highest BCUT2D eigenvalue weighted by Crippen LogP contribution is 2.18. The fourth-order valence-corrected chi connectivity index (χ4v) is 1.78. The van der Waals surface area contributed by atoms with E-state index in [9.17, 15) is 4.79 Å². The summed E-state index contributed by atoms with van der Waals surface area (Å²) in [5.74, 6) is -0.0492. The molecular weight excluding hydrogens is 210 g/mol. The van der Waals surface area contributed by atoms with Crippen LogP contribution in [0.5, 0.6) is 0 Å². The Morgan fingerprint density at radius 2 is 2.20 bits per heavy atom. The molecule has 0 aromatic heterocycles. The number of hydrogen-bond donors (Lipinski definition) is 1. The van der Waals surface area contributed by atoms with E-state index in [1.54, 1.807) is 31.2 Å². The van der Waals surface area contributed by atoms with Gasteiger partial charge in [0.05, 0.1) is 5.54 Å². The van der Waals surface area contributed by atoms with Gasteiger partial charge in [-0.1, -0.05) is 37.1 Å². The predicted molar refractivity (Wildman–Crippen MR) is 63.3 cm³/mol. The Bertz CT molecular complexity index is 360. The van der Waals surface area contributed by atoms with Gasteiger partial charge >= 0.3 is 0 Å². The number of nitrogens with two attached hydrogens (primary N) is 1. The van der Waals surface area contributed by atoms with Crippen LogP contribution in [0.15, 0.2) is 24.3 Å². The molecule has 1 aromatic carbocycles. The second kappa shape index (κ2) is 4.77. The summed E-state index contributed by atoms with van der Waals surface area (Å²) >= 11 is 5.82. The molecular formula is C12H16ClNO. The summed E-state index contributed by atoms with van der Waals surface area (Å²) in [5, 5.41) is 0.563. The molecule has 1 rings (SSSR count). The largest absolute Gasteiger partial charge is 0.319 e. The van der Waals surface area contributed by atoms with E-state index in [2.05, 4.69) is 0 Å². The molecule has 0 heterocycles. The van der Waals surface area contributed by atoms with Crippen molar-refractivity contribution in [1.29, 1.82) is 0 Å². The van der Waals surface area contributed by atoms with Crippen LogP contribution in [0.2, 0.25) is 5.02 Å². The van der Waals surface area contributed by atoms with E-state index in [0.717, 1.165) is 6.42 Å². The SMILES string of the molecule is CCCC(C)(N)C(=O)c1cccc(Cl)c1. The number of ketones is 1. The smallest absolute Gasteiger partial charge is 0.182 e. The maximum absolute atomic E-state index is 12.0. The third-order valence-electron chi connectivity index (χ3n) is 2.37. The lowest BCUT2D eigenvalue weighted by Crippen LogP contribution is -2.44. The number of carbonyl (C=O) groups is 1. The van der Waals surface area contributed by atoms with Crippen molar-refractivity contribution < 1.29 is 4.79 Å². The lowest BCUT2D eigenvalue weighted by Gasteiger charge is -2.22. The third kappa shape index (κ3) is 3.05. The van der Waals surface area contributed by atoms with E-state index in [1.807, 2.05) is 6.92 Å². The van der Waals surface area contributed by atoms with Crippen molar-refractivity contribution in [2.45, 2.75) is 32.2 Å². The molecule has 0 aliphatic heterocycles. The zero-order chi connectivity index (χ0) is 11.5. The molecule has 0 radical (unpaired) electrons. The van der Waals surface area contributed by atoms with Crippen LogP contribution in [0.1, 0.15) is 37.0 Å². The minimum atomic E-state index is -0.792. The Morgan fingerprint density at radius 1 is 1.53 bits per heavy atom. The van der Waals surface area contributed by atoms with Gasteiger partial charge in [0, 0.05) is 10.6 Å². The molecule has 3 heteroatoms. The van der Waals surface area contributed by atoms with Crippen LogP contribution in [0, 0.1) is 0 Å². The molecule has 0 aliphatic carbocycles. The van der Waals surface area contributed by atoms with E-state index >= 15 is 0 Å². The first-order valence-electron chi connectivity index (χ1n) is 5.06. The maximum atomic E-state index is 12.0. The first-order valence-corrected chi connectivity index (χ1v) is 5.44. The second-order valence-electron chi connectivity index (χ2n) is 4.01. The standard InChI is InChI=1S/C12H16ClNO/c1-3-7-12(2,14)11(15)9-5-4-6-10(13)8-9/h4-6,8H,3,7,14H2,1-2H3. The number of halogens is 1. The van der Waals surface area contributed by atoms with Crippen molar-refractivity contribution in [3.05, 3.63) is 34.9 Å². The quantitative estimate of drug-likeness (QED) is 0.801. The van der Waals surface area contributed by atoms with Crippen molar-refractivity contribution >= 4 is 17.4 Å². The van der Waals surface area contributed by atoms with Crippen LogP contribution < -0.4 is 5.73 Å². The summed E-state index contributed by atoms with van der Waals surface area (Å²) in [4.78, 5) is 12.0. The highest BCUT2D eigenvalue weighted by molar-refractivity contribution is 6.31. The van der Waals surface area contributed by atoms with Crippen molar-refractivity contribution in [2.24, 2.45) is 5.73 Å². The maximum Gasteiger partial charge on any atom is 0.182 e. The van der Waals surface area contributed by atoms with E-state index in [0.29, 0.717) is 17.0 Å². The fourth-order valence-electron chi connectivity index (χ4n) is 1.59. The van der Waals surface area contributed by atoms with Gasteiger partial charge < -0.3 is 5.73 Å². The van der Waals surface area contributed by atoms with Gasteiger partial charge in [0.15, 0.2) is 5.78 Å². The topological polar surface area (TPSA) is 43.1 Å². The molecule has 1 aromatic rings. The molecule has 1 unspecified atom stereocenters. The number of Topliss-reactive ketones (excluding diaryl/α,β-unsaturated/α-hetero) is 1. The first kappa shape index (κ1) is 12.2. The summed E-state index contributed by atoms with van der Waals surface area (Å²) in [6.07, 6.45) is 1.57. The van der Waals surface area contributed by atoms with Gasteiger partial charge in [0.2, 0.25) is 0 Å². The summed E-state index contributed by atoms with van der Waals surface area (Å²) in [6.45, 7) is 3.77. The lowest BCUT2D eigenvalue weighted by atomic mass is 9.88. The highest BCUT2D eigenvalue weighted by Gasteiger charge is 2.28. The van der Waals surface area contributed by atoms with E-state index in [4.69, 9.17) is 17.3 Å². The zero-order valence-corrected chi connectivity index (χ0v) is 9.84. The summed E-state index contributed by atoms with van der Waals surface area (Å²) in [5.41, 5.74) is 5.75. The minimum Gasteiger partial charge on any atom is -0.319 e. The molecule has 0 saturated carbocycles. The van der Waals surface area contributed by atoms with Crippen LogP contribution in [0.4, 0.5) is 0 Å². The predicted octanol–water partition coefficient (Wildman–Crippen LogP) is 3.04. The fraction of sp³-hybridized carbons (Fsp3) is 0.417. The molecule has 0 spiro atoms. The summed E-state index contributed by atoms with van der Waals surface area (Å²) in [6, 6.07) is 6.91. The van der Waals surface area contributed by atoms with Gasteiger partial charge in [-0.15, -0.1) is 0 Å². The molecule has 0 amide bonds. The number of rotatable bonds is 4. The average Bonchev–Trinajstić information content (AvgIpc) is 2.16. The molecule has 2 nitrogen and oxygen atoms in total. The Balaban J connectivity index is 2.94. The summed E-state index contributed by atoms with van der Waals surface area (Å²) in [7, 11) is 0. The summed E-state index contributed by atoms with van der Waals surface area (Å²) < 4.78 is 0. The van der Waals surface area contributed by atoms with Crippen LogP contribution in [-0.4, -0.2) is 11.3 Å². The average molecular weight is 226 g/mol. The van der Waals surface area contributed by atoms with Crippen molar-refractivity contribution in [1.82, 2.24) is 0 Å². The van der Waals surface area contributed by atoms with Crippen molar-refractivity contribution in [3.63, 3.8) is 0 Å². The molecule has 0 saturated heterocycles. The Labute approximate surface area is 95.4 Å². The Hall–Kier alpha value is -0.860. The molecule has 0 fully saturated rings. The van der Waals surface area contributed by atoms with Gasteiger partial charge in [0.25, 0.3) is 0 Å². The molecule has 0 bridgehead atoms. The lowest BCUT2D eigenvalue weighted by molar-refractivity contribution is 0.0893. The van der Waals surface area contributed by atoms with Gasteiger partial charge in [-0.05, 0) is 25.5 Å². The van der Waals surface area contributed by atoms with Gasteiger partial charge in [-0.25, -0.2) is 0 Å². The molecule has 0 aliphatic rings. The molecule has 1 atom stereocenters. The van der Waals surface area contributed by atoms with Gasteiger partial charge in [-0.3, -0.25) is 4.79 Å². The second-order valence-corrected chi connectivity index (χ2v) is 4.44. The van der Waals surface area contributed by atoms with Crippen LogP contribution >= 0.6 is 11.6 Å².